The quantitative estimate of drug-likeness (QED) is 0.289. The molecule has 4 atom stereocenters. The number of hydrogen-bond acceptors (Lipinski definition) is 5. The van der Waals surface area contributed by atoms with E-state index in [0.29, 0.717) is 24.9 Å². The van der Waals surface area contributed by atoms with Gasteiger partial charge < -0.3 is 19.3 Å². The second kappa shape index (κ2) is 12.8. The van der Waals surface area contributed by atoms with Gasteiger partial charge in [0.15, 0.2) is 0 Å². The Morgan fingerprint density at radius 1 is 1.22 bits per heavy atom. The molecule has 0 bridgehead atoms. The smallest absolute Gasteiger partial charge is 0.306 e. The number of allylic oxidation sites excluding steroid dienone is 2. The van der Waals surface area contributed by atoms with Crippen LogP contribution in [0.15, 0.2) is 54.1 Å². The van der Waals surface area contributed by atoms with Gasteiger partial charge in [-0.1, -0.05) is 36.4 Å². The topological polar surface area (TPSA) is 65.0 Å². The molecule has 1 fully saturated rings. The maximum atomic E-state index is 11.7. The van der Waals surface area contributed by atoms with E-state index in [1.165, 1.54) is 5.57 Å². The highest BCUT2D eigenvalue weighted by molar-refractivity contribution is 5.69. The van der Waals surface area contributed by atoms with Crippen LogP contribution >= 0.6 is 0 Å². The summed E-state index contributed by atoms with van der Waals surface area (Å²) >= 11 is 0. The fourth-order valence-corrected chi connectivity index (χ4v) is 4.55. The van der Waals surface area contributed by atoms with Crippen molar-refractivity contribution in [3.63, 3.8) is 0 Å². The SMILES string of the molecule is CC(C)OC(=O)CCCCC1=CC[C@H]2[C@H](CC[C@@H]2/C=C/[C@@H](O)COc2ccccc2)OC1. The van der Waals surface area contributed by atoms with Crippen molar-refractivity contribution in [1.82, 2.24) is 0 Å². The summed E-state index contributed by atoms with van der Waals surface area (Å²) in [5.41, 5.74) is 1.34. The lowest BCUT2D eigenvalue weighted by atomic mass is 9.90. The van der Waals surface area contributed by atoms with Gasteiger partial charge in [0.05, 0.1) is 18.8 Å². The fraction of sp³-hybridized carbons (Fsp3) is 0.593. The molecule has 2 aliphatic rings. The monoisotopic (exact) mass is 442 g/mol. The number of fused-ring (bicyclic) bond motifs is 1. The Labute approximate surface area is 192 Å². The molecule has 0 radical (unpaired) electrons. The number of ether oxygens (including phenoxy) is 3. The summed E-state index contributed by atoms with van der Waals surface area (Å²) in [4.78, 5) is 11.7. The van der Waals surface area contributed by atoms with Crippen LogP contribution < -0.4 is 4.74 Å². The molecule has 1 aliphatic carbocycles. The molecule has 32 heavy (non-hydrogen) atoms. The van der Waals surface area contributed by atoms with E-state index >= 15 is 0 Å². The van der Waals surface area contributed by atoms with Crippen LogP contribution in [0.1, 0.15) is 58.8 Å². The second-order valence-electron chi connectivity index (χ2n) is 9.17. The summed E-state index contributed by atoms with van der Waals surface area (Å²) in [7, 11) is 0. The van der Waals surface area contributed by atoms with Crippen LogP contribution in [0.4, 0.5) is 0 Å². The fourth-order valence-electron chi connectivity index (χ4n) is 4.55. The van der Waals surface area contributed by atoms with E-state index in [9.17, 15) is 9.90 Å². The lowest BCUT2D eigenvalue weighted by Crippen LogP contribution is -2.21. The number of esters is 1. The van der Waals surface area contributed by atoms with Crippen molar-refractivity contribution in [2.45, 2.75) is 77.1 Å². The molecule has 1 aromatic carbocycles. The normalized spacial score (nSPS) is 24.1. The molecule has 1 saturated carbocycles. The molecule has 0 aromatic heterocycles. The number of rotatable bonds is 11. The molecule has 1 aromatic rings. The van der Waals surface area contributed by atoms with Crippen molar-refractivity contribution in [3.05, 3.63) is 54.1 Å². The molecule has 0 unspecified atom stereocenters. The van der Waals surface area contributed by atoms with Crippen LogP contribution in [0.25, 0.3) is 0 Å². The van der Waals surface area contributed by atoms with Gasteiger partial charge in [0.2, 0.25) is 0 Å². The van der Waals surface area contributed by atoms with Crippen molar-refractivity contribution in [1.29, 1.82) is 0 Å². The number of carbonyl (C=O) groups is 1. The average molecular weight is 443 g/mol. The lowest BCUT2D eigenvalue weighted by molar-refractivity contribution is -0.147. The first-order chi connectivity index (χ1) is 15.5. The molecule has 1 N–H and O–H groups in total. The number of hydrogen-bond donors (Lipinski definition) is 1. The molecule has 5 nitrogen and oxygen atoms in total. The van der Waals surface area contributed by atoms with Gasteiger partial charge in [-0.2, -0.15) is 0 Å². The zero-order valence-electron chi connectivity index (χ0n) is 19.4. The molecule has 176 valence electrons. The van der Waals surface area contributed by atoms with Crippen LogP contribution in [0.3, 0.4) is 0 Å². The molecule has 1 heterocycles. The van der Waals surface area contributed by atoms with E-state index in [2.05, 4.69) is 12.2 Å². The summed E-state index contributed by atoms with van der Waals surface area (Å²) in [6.07, 6.45) is 12.5. The average Bonchev–Trinajstić information content (AvgIpc) is 3.05. The molecular weight excluding hydrogens is 404 g/mol. The molecule has 3 rings (SSSR count). The summed E-state index contributed by atoms with van der Waals surface area (Å²) in [5.74, 6) is 1.55. The van der Waals surface area contributed by atoms with Gasteiger partial charge in [-0.05, 0) is 81.9 Å². The maximum Gasteiger partial charge on any atom is 0.306 e. The van der Waals surface area contributed by atoms with E-state index in [0.717, 1.165) is 44.3 Å². The van der Waals surface area contributed by atoms with E-state index in [4.69, 9.17) is 14.2 Å². The van der Waals surface area contributed by atoms with Gasteiger partial charge in [0.25, 0.3) is 0 Å². The predicted molar refractivity (Wildman–Crippen MR) is 125 cm³/mol. The molecule has 1 aliphatic heterocycles. The minimum absolute atomic E-state index is 0.0422. The van der Waals surface area contributed by atoms with E-state index < -0.39 is 6.10 Å². The molecule has 0 saturated heterocycles. The zero-order chi connectivity index (χ0) is 22.8. The highest BCUT2D eigenvalue weighted by atomic mass is 16.5. The highest BCUT2D eigenvalue weighted by Gasteiger charge is 2.36. The van der Waals surface area contributed by atoms with Crippen molar-refractivity contribution >= 4 is 5.97 Å². The third-order valence-corrected chi connectivity index (χ3v) is 6.21. The standard InChI is InChI=1S/C27H38O5/c1-20(2)32-27(29)11-7-6-8-21-12-16-25-22(14-17-26(25)31-18-21)13-15-23(28)19-30-24-9-4-3-5-10-24/h3-5,9-10,12-13,15,20,22-23,25-26,28H,6-8,11,14,16-19H2,1-2H3/b15-13+/t22-,23+,25+,26-/m0/s1. The zero-order valence-corrected chi connectivity index (χ0v) is 19.4. The first kappa shape index (κ1) is 24.5. The van der Waals surface area contributed by atoms with Crippen LogP contribution in [0.2, 0.25) is 0 Å². The van der Waals surface area contributed by atoms with Gasteiger partial charge in [0.1, 0.15) is 18.5 Å². The van der Waals surface area contributed by atoms with Gasteiger partial charge >= 0.3 is 5.97 Å². The van der Waals surface area contributed by atoms with Crippen molar-refractivity contribution in [3.8, 4) is 5.75 Å². The number of carbonyl (C=O) groups excluding carboxylic acids is 1. The van der Waals surface area contributed by atoms with E-state index in [1.54, 1.807) is 0 Å². The number of aliphatic hydroxyl groups is 1. The van der Waals surface area contributed by atoms with Gasteiger partial charge in [-0.15, -0.1) is 0 Å². The minimum Gasteiger partial charge on any atom is -0.491 e. The van der Waals surface area contributed by atoms with Crippen LogP contribution in [-0.4, -0.2) is 42.6 Å². The minimum atomic E-state index is -0.616. The summed E-state index contributed by atoms with van der Waals surface area (Å²) < 4.78 is 17.1. The Hall–Kier alpha value is -2.11. The van der Waals surface area contributed by atoms with Gasteiger partial charge in [-0.3, -0.25) is 4.79 Å². The van der Waals surface area contributed by atoms with Crippen molar-refractivity contribution in [2.24, 2.45) is 11.8 Å². The van der Waals surface area contributed by atoms with Crippen LogP contribution in [-0.2, 0) is 14.3 Å². The van der Waals surface area contributed by atoms with E-state index in [-0.39, 0.29) is 24.8 Å². The number of para-hydroxylation sites is 1. The highest BCUT2D eigenvalue weighted by Crippen LogP contribution is 2.40. The Kier molecular flexibility index (Phi) is 9.82. The van der Waals surface area contributed by atoms with Crippen molar-refractivity contribution in [2.75, 3.05) is 13.2 Å². The Morgan fingerprint density at radius 3 is 2.81 bits per heavy atom. The van der Waals surface area contributed by atoms with Gasteiger partial charge in [0, 0.05) is 6.42 Å². The van der Waals surface area contributed by atoms with Crippen LogP contribution in [0.5, 0.6) is 5.75 Å². The molecule has 0 amide bonds. The summed E-state index contributed by atoms with van der Waals surface area (Å²) in [6.45, 7) is 4.71. The van der Waals surface area contributed by atoms with Crippen molar-refractivity contribution < 1.29 is 24.1 Å². The predicted octanol–water partition coefficient (Wildman–Crippen LogP) is 5.24. The third-order valence-electron chi connectivity index (χ3n) is 6.21. The summed E-state index contributed by atoms with van der Waals surface area (Å²) in [5, 5.41) is 10.3. The third kappa shape index (κ3) is 8.10. The number of aliphatic hydroxyl groups excluding tert-OH is 1. The van der Waals surface area contributed by atoms with Gasteiger partial charge in [-0.25, -0.2) is 0 Å². The Balaban J connectivity index is 1.40. The molecule has 5 heteroatoms. The lowest BCUT2D eigenvalue weighted by Gasteiger charge is -2.20. The summed E-state index contributed by atoms with van der Waals surface area (Å²) in [6, 6.07) is 9.57. The first-order valence-electron chi connectivity index (χ1n) is 12.0. The van der Waals surface area contributed by atoms with E-state index in [1.807, 2.05) is 50.3 Å². The molecule has 0 spiro atoms. The number of benzene rings is 1. The van der Waals surface area contributed by atoms with Crippen LogP contribution in [0, 0.1) is 11.8 Å². The maximum absolute atomic E-state index is 11.7. The largest absolute Gasteiger partial charge is 0.491 e. The second-order valence-corrected chi connectivity index (χ2v) is 9.17. The first-order valence-corrected chi connectivity index (χ1v) is 12.0. The molecular formula is C27H38O5. The Morgan fingerprint density at radius 2 is 2.03 bits per heavy atom. The Bertz CT molecular complexity index is 755. The number of unbranched alkanes of at least 4 members (excludes halogenated alkanes) is 1.